The maximum Gasteiger partial charge on any atom is 0.323 e. The van der Waals surface area contributed by atoms with Crippen LogP contribution in [0.5, 0.6) is 0 Å². The minimum absolute atomic E-state index is 0.0184. The van der Waals surface area contributed by atoms with Gasteiger partial charge in [-0.2, -0.15) is 0 Å². The van der Waals surface area contributed by atoms with Gasteiger partial charge in [0.2, 0.25) is 0 Å². The molecule has 0 amide bonds. The Hall–Kier alpha value is -2.17. The molecule has 1 aliphatic heterocycles. The summed E-state index contributed by atoms with van der Waals surface area (Å²) in [6.07, 6.45) is 2.69. The van der Waals surface area contributed by atoms with E-state index in [0.717, 1.165) is 37.9 Å². The molecule has 0 bridgehead atoms. The first-order chi connectivity index (χ1) is 12.2. The summed E-state index contributed by atoms with van der Waals surface area (Å²) in [7, 11) is 0. The van der Waals surface area contributed by atoms with Crippen LogP contribution in [0.4, 0.5) is 0 Å². The van der Waals surface area contributed by atoms with Crippen molar-refractivity contribution in [3.05, 3.63) is 71.8 Å². The SMILES string of the molecule is NC(Cc1ccccc1)CN1CCC[C@H]1C(=O)OCc1ccccc1. The second kappa shape index (κ2) is 8.79. The summed E-state index contributed by atoms with van der Waals surface area (Å²) in [5.74, 6) is -0.131. The van der Waals surface area contributed by atoms with E-state index in [1.165, 1.54) is 5.56 Å². The zero-order chi connectivity index (χ0) is 17.5. The van der Waals surface area contributed by atoms with Crippen molar-refractivity contribution in [3.63, 3.8) is 0 Å². The maximum atomic E-state index is 12.5. The average molecular weight is 338 g/mol. The Kier molecular flexibility index (Phi) is 6.20. The van der Waals surface area contributed by atoms with E-state index in [0.29, 0.717) is 6.61 Å². The molecule has 25 heavy (non-hydrogen) atoms. The lowest BCUT2D eigenvalue weighted by Crippen LogP contribution is -2.44. The molecule has 2 aromatic rings. The fraction of sp³-hybridized carbons (Fsp3) is 0.381. The first-order valence-corrected chi connectivity index (χ1v) is 8.96. The molecule has 2 atom stereocenters. The van der Waals surface area contributed by atoms with Gasteiger partial charge in [-0.05, 0) is 36.9 Å². The molecule has 1 fully saturated rings. The highest BCUT2D eigenvalue weighted by molar-refractivity contribution is 5.76. The number of ether oxygens (including phenoxy) is 1. The number of carbonyl (C=O) groups excluding carboxylic acids is 1. The zero-order valence-electron chi connectivity index (χ0n) is 14.5. The minimum Gasteiger partial charge on any atom is -0.460 e. The quantitative estimate of drug-likeness (QED) is 0.789. The largest absolute Gasteiger partial charge is 0.460 e. The summed E-state index contributed by atoms with van der Waals surface area (Å²) in [6, 6.07) is 19.9. The number of likely N-dealkylation sites (tertiary alicyclic amines) is 1. The molecular weight excluding hydrogens is 312 g/mol. The number of esters is 1. The Labute approximate surface area is 149 Å². The van der Waals surface area contributed by atoms with Gasteiger partial charge in [-0.3, -0.25) is 9.69 Å². The summed E-state index contributed by atoms with van der Waals surface area (Å²) in [6.45, 7) is 1.97. The molecule has 0 spiro atoms. The van der Waals surface area contributed by atoms with Gasteiger partial charge in [0, 0.05) is 12.6 Å². The van der Waals surface area contributed by atoms with E-state index < -0.39 is 0 Å². The fourth-order valence-corrected chi connectivity index (χ4v) is 3.42. The van der Waals surface area contributed by atoms with Crippen LogP contribution in [0.15, 0.2) is 60.7 Å². The monoisotopic (exact) mass is 338 g/mol. The Bertz CT molecular complexity index is 660. The Morgan fingerprint density at radius 2 is 1.72 bits per heavy atom. The highest BCUT2D eigenvalue weighted by Crippen LogP contribution is 2.19. The lowest BCUT2D eigenvalue weighted by molar-refractivity contribution is -0.150. The van der Waals surface area contributed by atoms with Gasteiger partial charge >= 0.3 is 5.97 Å². The van der Waals surface area contributed by atoms with Gasteiger partial charge in [-0.1, -0.05) is 60.7 Å². The van der Waals surface area contributed by atoms with Crippen molar-refractivity contribution in [2.45, 2.75) is 38.0 Å². The third-order valence-electron chi connectivity index (χ3n) is 4.67. The summed E-state index contributed by atoms with van der Waals surface area (Å²) in [5.41, 5.74) is 8.57. The smallest absolute Gasteiger partial charge is 0.323 e. The van der Waals surface area contributed by atoms with E-state index in [2.05, 4.69) is 17.0 Å². The second-order valence-electron chi connectivity index (χ2n) is 6.70. The van der Waals surface area contributed by atoms with E-state index in [9.17, 15) is 4.79 Å². The van der Waals surface area contributed by atoms with Crippen LogP contribution in [0, 0.1) is 0 Å². The van der Waals surface area contributed by atoms with Gasteiger partial charge in [0.25, 0.3) is 0 Å². The molecule has 4 nitrogen and oxygen atoms in total. The van der Waals surface area contributed by atoms with Crippen molar-refractivity contribution >= 4 is 5.97 Å². The van der Waals surface area contributed by atoms with Gasteiger partial charge in [0.15, 0.2) is 0 Å². The summed E-state index contributed by atoms with van der Waals surface area (Å²) < 4.78 is 5.52. The number of carbonyl (C=O) groups is 1. The Morgan fingerprint density at radius 3 is 2.40 bits per heavy atom. The summed E-state index contributed by atoms with van der Waals surface area (Å²) >= 11 is 0. The third-order valence-corrected chi connectivity index (χ3v) is 4.67. The van der Waals surface area contributed by atoms with Crippen LogP contribution in [-0.4, -0.2) is 36.0 Å². The van der Waals surface area contributed by atoms with E-state index in [4.69, 9.17) is 10.5 Å². The van der Waals surface area contributed by atoms with Crippen LogP contribution >= 0.6 is 0 Å². The van der Waals surface area contributed by atoms with E-state index in [1.807, 2.05) is 48.5 Å². The molecule has 3 rings (SSSR count). The molecule has 0 radical (unpaired) electrons. The first kappa shape index (κ1) is 17.6. The van der Waals surface area contributed by atoms with Gasteiger partial charge in [0.05, 0.1) is 0 Å². The van der Waals surface area contributed by atoms with Gasteiger partial charge in [-0.15, -0.1) is 0 Å². The number of rotatable bonds is 7. The predicted molar refractivity (Wildman–Crippen MR) is 99.0 cm³/mol. The third kappa shape index (κ3) is 5.15. The molecule has 2 N–H and O–H groups in total. The van der Waals surface area contributed by atoms with Crippen molar-refractivity contribution < 1.29 is 9.53 Å². The maximum absolute atomic E-state index is 12.5. The molecule has 1 saturated heterocycles. The number of nitrogens with two attached hydrogens (primary N) is 1. The molecule has 2 aromatic carbocycles. The van der Waals surface area contributed by atoms with E-state index in [-0.39, 0.29) is 18.1 Å². The molecule has 0 aromatic heterocycles. The minimum atomic E-state index is -0.162. The molecule has 132 valence electrons. The van der Waals surface area contributed by atoms with Crippen molar-refractivity contribution in [1.29, 1.82) is 0 Å². The van der Waals surface area contributed by atoms with Crippen molar-refractivity contribution in [1.82, 2.24) is 4.90 Å². The highest BCUT2D eigenvalue weighted by Gasteiger charge is 2.32. The summed E-state index contributed by atoms with van der Waals surface area (Å²) in [5, 5.41) is 0. The lowest BCUT2D eigenvalue weighted by atomic mass is 10.1. The number of nitrogens with zero attached hydrogens (tertiary/aromatic N) is 1. The van der Waals surface area contributed by atoms with Gasteiger partial charge in [-0.25, -0.2) is 0 Å². The van der Waals surface area contributed by atoms with Crippen molar-refractivity contribution in [3.8, 4) is 0 Å². The molecule has 1 heterocycles. The molecular formula is C21H26N2O2. The zero-order valence-corrected chi connectivity index (χ0v) is 14.5. The van der Waals surface area contributed by atoms with Crippen LogP contribution in [0.25, 0.3) is 0 Å². The topological polar surface area (TPSA) is 55.6 Å². The molecule has 0 saturated carbocycles. The van der Waals surface area contributed by atoms with Crippen molar-refractivity contribution in [2.24, 2.45) is 5.73 Å². The number of benzene rings is 2. The lowest BCUT2D eigenvalue weighted by Gasteiger charge is -2.26. The fourth-order valence-electron chi connectivity index (χ4n) is 3.42. The molecule has 0 aliphatic carbocycles. The molecule has 1 aliphatic rings. The van der Waals surface area contributed by atoms with Crippen LogP contribution in [0.3, 0.4) is 0 Å². The van der Waals surface area contributed by atoms with Gasteiger partial charge in [0.1, 0.15) is 12.6 Å². The average Bonchev–Trinajstić information content (AvgIpc) is 3.09. The van der Waals surface area contributed by atoms with Crippen LogP contribution < -0.4 is 5.73 Å². The van der Waals surface area contributed by atoms with E-state index >= 15 is 0 Å². The molecule has 4 heteroatoms. The van der Waals surface area contributed by atoms with Crippen LogP contribution in [0.2, 0.25) is 0 Å². The van der Waals surface area contributed by atoms with Crippen molar-refractivity contribution in [2.75, 3.05) is 13.1 Å². The Morgan fingerprint density at radius 1 is 1.08 bits per heavy atom. The standard InChI is InChI=1S/C21H26N2O2/c22-19(14-17-8-3-1-4-9-17)15-23-13-7-12-20(23)21(24)25-16-18-10-5-2-6-11-18/h1-6,8-11,19-20H,7,12-16,22H2/t19?,20-/m0/s1. The molecule has 1 unspecified atom stereocenters. The normalized spacial score (nSPS) is 18.8. The predicted octanol–water partition coefficient (Wildman–Crippen LogP) is 2.76. The Balaban J connectivity index is 1.50. The second-order valence-corrected chi connectivity index (χ2v) is 6.70. The number of hydrogen-bond donors (Lipinski definition) is 1. The summed E-state index contributed by atoms with van der Waals surface area (Å²) in [4.78, 5) is 14.6. The van der Waals surface area contributed by atoms with E-state index in [1.54, 1.807) is 0 Å². The number of hydrogen-bond acceptors (Lipinski definition) is 4. The highest BCUT2D eigenvalue weighted by atomic mass is 16.5. The first-order valence-electron chi connectivity index (χ1n) is 8.96. The van der Waals surface area contributed by atoms with Gasteiger partial charge < -0.3 is 10.5 Å². The van der Waals surface area contributed by atoms with Crippen LogP contribution in [-0.2, 0) is 22.6 Å². The van der Waals surface area contributed by atoms with Crippen LogP contribution in [0.1, 0.15) is 24.0 Å².